The van der Waals surface area contributed by atoms with Crippen molar-refractivity contribution in [1.29, 1.82) is 0 Å². The summed E-state index contributed by atoms with van der Waals surface area (Å²) in [7, 11) is -3.98. The molecule has 3 aromatic rings. The zero-order valence-corrected chi connectivity index (χ0v) is 17.5. The van der Waals surface area contributed by atoms with Crippen molar-refractivity contribution in [2.75, 3.05) is 11.3 Å². The molecule has 10 heteroatoms. The molecule has 0 bridgehead atoms. The van der Waals surface area contributed by atoms with E-state index in [2.05, 4.69) is 15.0 Å². The number of sulfonamides is 1. The summed E-state index contributed by atoms with van der Waals surface area (Å²) >= 11 is 6.09. The number of hydrogen-bond donors (Lipinski definition) is 2. The van der Waals surface area contributed by atoms with Crippen LogP contribution in [0.1, 0.15) is 23.2 Å². The lowest BCUT2D eigenvalue weighted by Gasteiger charge is -2.12. The second-order valence-electron chi connectivity index (χ2n) is 6.52. The monoisotopic (exact) mass is 450 g/mol. The van der Waals surface area contributed by atoms with Gasteiger partial charge in [-0.1, -0.05) is 11.6 Å². The van der Waals surface area contributed by atoms with Gasteiger partial charge in [-0.3, -0.25) is 9.52 Å². The normalized spacial score (nSPS) is 11.3. The van der Waals surface area contributed by atoms with Gasteiger partial charge in [0.15, 0.2) is 0 Å². The summed E-state index contributed by atoms with van der Waals surface area (Å²) in [5.41, 5.74) is 0.333. The molecule has 0 aliphatic carbocycles. The quantitative estimate of drug-likeness (QED) is 0.486. The predicted octanol–water partition coefficient (Wildman–Crippen LogP) is 3.69. The van der Waals surface area contributed by atoms with Crippen molar-refractivity contribution >= 4 is 33.2 Å². The van der Waals surface area contributed by atoms with E-state index in [1.54, 1.807) is 12.5 Å². The molecule has 0 spiro atoms. The Morgan fingerprint density at radius 3 is 2.60 bits per heavy atom. The molecule has 30 heavy (non-hydrogen) atoms. The van der Waals surface area contributed by atoms with Crippen LogP contribution >= 0.6 is 11.6 Å². The average molecular weight is 451 g/mol. The van der Waals surface area contributed by atoms with Crippen LogP contribution in [-0.2, 0) is 16.6 Å². The molecule has 0 saturated heterocycles. The van der Waals surface area contributed by atoms with E-state index in [1.165, 1.54) is 18.2 Å². The minimum Gasteiger partial charge on any atom is -0.352 e. The van der Waals surface area contributed by atoms with Crippen molar-refractivity contribution in [1.82, 2.24) is 14.9 Å². The van der Waals surface area contributed by atoms with E-state index in [-0.39, 0.29) is 27.1 Å². The molecular formula is C20H20ClFN4O3S. The predicted molar refractivity (Wildman–Crippen MR) is 112 cm³/mol. The molecule has 0 unspecified atom stereocenters. The number of nitrogens with one attached hydrogen (secondary N) is 2. The minimum absolute atomic E-state index is 0.0637. The van der Waals surface area contributed by atoms with E-state index in [4.69, 9.17) is 11.6 Å². The van der Waals surface area contributed by atoms with Crippen molar-refractivity contribution in [3.05, 3.63) is 77.6 Å². The van der Waals surface area contributed by atoms with Crippen LogP contribution < -0.4 is 10.0 Å². The molecule has 2 aromatic carbocycles. The summed E-state index contributed by atoms with van der Waals surface area (Å²) in [5.74, 6) is -0.882. The van der Waals surface area contributed by atoms with Crippen LogP contribution in [0.15, 0.2) is 66.1 Å². The number of benzene rings is 2. The largest absolute Gasteiger partial charge is 0.352 e. The molecule has 0 aliphatic heterocycles. The molecule has 3 rings (SSSR count). The fraction of sp³-hybridized carbons (Fsp3) is 0.200. The highest BCUT2D eigenvalue weighted by atomic mass is 35.5. The number of carbonyl (C=O) groups excluding carboxylic acids is 1. The Morgan fingerprint density at radius 1 is 1.13 bits per heavy atom. The first-order valence-electron chi connectivity index (χ1n) is 9.17. The highest BCUT2D eigenvalue weighted by Crippen LogP contribution is 2.26. The maximum absolute atomic E-state index is 13.0. The van der Waals surface area contributed by atoms with Gasteiger partial charge in [0.1, 0.15) is 5.82 Å². The van der Waals surface area contributed by atoms with Gasteiger partial charge in [0.25, 0.3) is 15.9 Å². The number of unbranched alkanes of at least 4 members (excludes halogenated alkanes) is 1. The third-order valence-corrected chi connectivity index (χ3v) is 6.00. The van der Waals surface area contributed by atoms with Crippen LogP contribution in [0.4, 0.5) is 10.1 Å². The molecule has 0 fully saturated rings. The highest BCUT2D eigenvalue weighted by molar-refractivity contribution is 7.92. The number of aromatic nitrogens is 2. The summed E-state index contributed by atoms with van der Waals surface area (Å²) in [4.78, 5) is 16.2. The molecule has 0 radical (unpaired) electrons. The van der Waals surface area contributed by atoms with Gasteiger partial charge in [-0.25, -0.2) is 17.8 Å². The number of carbonyl (C=O) groups is 1. The van der Waals surface area contributed by atoms with Gasteiger partial charge in [-0.15, -0.1) is 0 Å². The van der Waals surface area contributed by atoms with E-state index >= 15 is 0 Å². The summed E-state index contributed by atoms with van der Waals surface area (Å²) < 4.78 is 42.3. The zero-order valence-electron chi connectivity index (χ0n) is 15.9. The van der Waals surface area contributed by atoms with Crippen molar-refractivity contribution < 1.29 is 17.6 Å². The van der Waals surface area contributed by atoms with Crippen LogP contribution in [0.3, 0.4) is 0 Å². The third-order valence-electron chi connectivity index (χ3n) is 4.28. The maximum atomic E-state index is 13.0. The first-order chi connectivity index (χ1) is 14.3. The Labute approximate surface area is 178 Å². The van der Waals surface area contributed by atoms with E-state index in [0.29, 0.717) is 6.54 Å². The highest BCUT2D eigenvalue weighted by Gasteiger charge is 2.17. The molecule has 1 heterocycles. The average Bonchev–Trinajstić information content (AvgIpc) is 3.23. The second-order valence-corrected chi connectivity index (χ2v) is 8.61. The summed E-state index contributed by atoms with van der Waals surface area (Å²) in [6, 6.07) is 8.71. The Bertz CT molecular complexity index is 1100. The molecule has 158 valence electrons. The first-order valence-corrected chi connectivity index (χ1v) is 11.0. The van der Waals surface area contributed by atoms with Crippen LogP contribution in [0.25, 0.3) is 0 Å². The van der Waals surface area contributed by atoms with Crippen molar-refractivity contribution in [2.45, 2.75) is 24.3 Å². The van der Waals surface area contributed by atoms with Crippen molar-refractivity contribution in [3.8, 4) is 0 Å². The molecule has 7 nitrogen and oxygen atoms in total. The number of imidazole rings is 1. The topological polar surface area (TPSA) is 93.1 Å². The number of rotatable bonds is 9. The van der Waals surface area contributed by atoms with Gasteiger partial charge in [-0.2, -0.15) is 0 Å². The Balaban J connectivity index is 1.59. The van der Waals surface area contributed by atoms with Gasteiger partial charge in [0, 0.05) is 31.0 Å². The number of anilines is 1. The van der Waals surface area contributed by atoms with Crippen LogP contribution in [0.2, 0.25) is 5.02 Å². The van der Waals surface area contributed by atoms with Gasteiger partial charge in [-0.05, 0) is 55.3 Å². The molecule has 2 N–H and O–H groups in total. The Kier molecular flexibility index (Phi) is 7.07. The molecule has 0 saturated carbocycles. The number of hydrogen-bond acceptors (Lipinski definition) is 4. The summed E-state index contributed by atoms with van der Waals surface area (Å²) in [6.45, 7) is 1.29. The number of aryl methyl sites for hydroxylation is 1. The molecule has 1 amide bonds. The lowest BCUT2D eigenvalue weighted by atomic mass is 10.2. The van der Waals surface area contributed by atoms with Crippen molar-refractivity contribution in [3.63, 3.8) is 0 Å². The van der Waals surface area contributed by atoms with Crippen LogP contribution in [0, 0.1) is 5.82 Å². The van der Waals surface area contributed by atoms with Crippen molar-refractivity contribution in [2.24, 2.45) is 0 Å². The Morgan fingerprint density at radius 2 is 1.90 bits per heavy atom. The van der Waals surface area contributed by atoms with Crippen LogP contribution in [0.5, 0.6) is 0 Å². The molecular weight excluding hydrogens is 431 g/mol. The van der Waals surface area contributed by atoms with Gasteiger partial charge < -0.3 is 9.88 Å². The number of halogens is 2. The number of nitrogens with zero attached hydrogens (tertiary/aromatic N) is 2. The SMILES string of the molecule is O=C(NCCCCn1ccnc1)c1ccc(Cl)c(NS(=O)(=O)c2ccc(F)cc2)c1. The lowest BCUT2D eigenvalue weighted by Crippen LogP contribution is -2.25. The van der Waals surface area contributed by atoms with Gasteiger partial charge in [0.2, 0.25) is 0 Å². The van der Waals surface area contributed by atoms with Gasteiger partial charge >= 0.3 is 0 Å². The van der Waals surface area contributed by atoms with Crippen LogP contribution in [-0.4, -0.2) is 30.4 Å². The molecule has 0 aliphatic rings. The molecule has 0 atom stereocenters. The lowest BCUT2D eigenvalue weighted by molar-refractivity contribution is 0.0953. The smallest absolute Gasteiger partial charge is 0.261 e. The maximum Gasteiger partial charge on any atom is 0.261 e. The van der Waals surface area contributed by atoms with Gasteiger partial charge in [0.05, 0.1) is 21.9 Å². The van der Waals surface area contributed by atoms with E-state index in [1.807, 2.05) is 10.8 Å². The fourth-order valence-electron chi connectivity index (χ4n) is 2.70. The van der Waals surface area contributed by atoms with E-state index < -0.39 is 15.8 Å². The number of amides is 1. The fourth-order valence-corrected chi connectivity index (χ4v) is 4.00. The minimum atomic E-state index is -3.98. The third kappa shape index (κ3) is 5.80. The zero-order chi connectivity index (χ0) is 21.6. The summed E-state index contributed by atoms with van der Waals surface area (Å²) in [6.07, 6.45) is 6.98. The Hall–Kier alpha value is -2.91. The van der Waals surface area contributed by atoms with E-state index in [9.17, 15) is 17.6 Å². The summed E-state index contributed by atoms with van der Waals surface area (Å²) in [5, 5.41) is 2.94. The van der Waals surface area contributed by atoms with E-state index in [0.717, 1.165) is 43.7 Å². The first kappa shape index (κ1) is 21.8. The standard InChI is InChI=1S/C20H20ClFN4O3S/c21-18-8-3-15(20(27)24-9-1-2-11-26-12-10-23-14-26)13-19(18)25-30(28,29)17-6-4-16(22)5-7-17/h3-8,10,12-14,25H,1-2,9,11H2,(H,24,27). The molecule has 1 aromatic heterocycles. The second kappa shape index (κ2) is 9.73.